The van der Waals surface area contributed by atoms with Crippen molar-refractivity contribution in [1.82, 2.24) is 10.6 Å². The van der Waals surface area contributed by atoms with Gasteiger partial charge in [-0.2, -0.15) is 0 Å². The summed E-state index contributed by atoms with van der Waals surface area (Å²) >= 11 is 0. The maximum absolute atomic E-state index is 13.2. The number of alkyl halides is 2. The molecule has 0 aliphatic heterocycles. The lowest BCUT2D eigenvalue weighted by molar-refractivity contribution is -0.0399. The fraction of sp³-hybridized carbons (Fsp3) is 0.529. The summed E-state index contributed by atoms with van der Waals surface area (Å²) in [5.41, 5.74) is 1.39. The Kier molecular flexibility index (Phi) is 4.43. The quantitative estimate of drug-likeness (QED) is 0.789. The van der Waals surface area contributed by atoms with Crippen molar-refractivity contribution in [3.8, 4) is 0 Å². The number of rotatable bonds is 4. The molecule has 2 aliphatic rings. The first-order valence-corrected chi connectivity index (χ1v) is 8.12. The van der Waals surface area contributed by atoms with Gasteiger partial charge in [0.25, 0.3) is 5.91 Å². The zero-order chi connectivity index (χ0) is 17.3. The Morgan fingerprint density at radius 1 is 1.17 bits per heavy atom. The molecular formula is C17H20F2N2O3. The van der Waals surface area contributed by atoms with Crippen molar-refractivity contribution in [2.75, 3.05) is 0 Å². The van der Waals surface area contributed by atoms with Crippen LogP contribution in [0.1, 0.15) is 53.9 Å². The molecule has 2 aliphatic carbocycles. The van der Waals surface area contributed by atoms with Crippen LogP contribution in [-0.4, -0.2) is 35.1 Å². The van der Waals surface area contributed by atoms with E-state index in [-0.39, 0.29) is 49.6 Å². The summed E-state index contributed by atoms with van der Waals surface area (Å²) in [5, 5.41) is 14.0. The van der Waals surface area contributed by atoms with Gasteiger partial charge in [-0.05, 0) is 37.0 Å². The normalized spacial score (nSPS) is 25.8. The van der Waals surface area contributed by atoms with E-state index in [1.165, 1.54) is 0 Å². The van der Waals surface area contributed by atoms with E-state index < -0.39 is 12.0 Å². The summed E-state index contributed by atoms with van der Waals surface area (Å²) < 4.78 is 26.3. The van der Waals surface area contributed by atoms with Crippen molar-refractivity contribution in [2.24, 2.45) is 0 Å². The Hall–Kier alpha value is -2.18. The van der Waals surface area contributed by atoms with Gasteiger partial charge >= 0.3 is 6.09 Å². The summed E-state index contributed by atoms with van der Waals surface area (Å²) in [7, 11) is 0. The number of carbonyl (C=O) groups is 2. The van der Waals surface area contributed by atoms with E-state index in [9.17, 15) is 18.4 Å². The third-order valence-corrected chi connectivity index (χ3v) is 4.73. The van der Waals surface area contributed by atoms with Gasteiger partial charge in [0.1, 0.15) is 0 Å². The Bertz CT molecular complexity index is 640. The van der Waals surface area contributed by atoms with Gasteiger partial charge in [0.15, 0.2) is 0 Å². The number of nitrogens with one attached hydrogen (secondary N) is 2. The molecule has 2 amide bonds. The number of amides is 2. The second-order valence-corrected chi connectivity index (χ2v) is 6.63. The van der Waals surface area contributed by atoms with Gasteiger partial charge in [-0.15, -0.1) is 0 Å². The predicted molar refractivity (Wildman–Crippen MR) is 83.4 cm³/mol. The molecule has 1 aromatic carbocycles. The molecule has 0 spiro atoms. The highest BCUT2D eigenvalue weighted by molar-refractivity contribution is 5.94. The minimum atomic E-state index is -2.61. The molecule has 0 heterocycles. The Morgan fingerprint density at radius 2 is 1.88 bits per heavy atom. The third kappa shape index (κ3) is 4.01. The second-order valence-electron chi connectivity index (χ2n) is 6.63. The Labute approximate surface area is 138 Å². The topological polar surface area (TPSA) is 78.4 Å². The molecular weight excluding hydrogens is 318 g/mol. The third-order valence-electron chi connectivity index (χ3n) is 4.73. The van der Waals surface area contributed by atoms with Crippen LogP contribution in [0, 0.1) is 0 Å². The van der Waals surface area contributed by atoms with Gasteiger partial charge in [0.2, 0.25) is 5.92 Å². The molecule has 0 saturated heterocycles. The van der Waals surface area contributed by atoms with E-state index in [0.29, 0.717) is 5.56 Å². The first-order chi connectivity index (χ1) is 11.3. The lowest BCUT2D eigenvalue weighted by Crippen LogP contribution is -2.40. The SMILES string of the molecule is O=C(O)N[C@@H]1C[C@H]1c1cccc(C(=O)NC2CCC(F)(F)CC2)c1. The Morgan fingerprint density at radius 3 is 2.54 bits per heavy atom. The molecule has 2 atom stereocenters. The maximum atomic E-state index is 13.2. The molecule has 7 heteroatoms. The van der Waals surface area contributed by atoms with Crippen molar-refractivity contribution >= 4 is 12.0 Å². The highest BCUT2D eigenvalue weighted by atomic mass is 19.3. The number of hydrogen-bond acceptors (Lipinski definition) is 2. The van der Waals surface area contributed by atoms with Crippen molar-refractivity contribution in [3.05, 3.63) is 35.4 Å². The van der Waals surface area contributed by atoms with Crippen LogP contribution < -0.4 is 10.6 Å². The Balaban J connectivity index is 1.58. The maximum Gasteiger partial charge on any atom is 0.404 e. The van der Waals surface area contributed by atoms with Crippen molar-refractivity contribution in [1.29, 1.82) is 0 Å². The largest absolute Gasteiger partial charge is 0.465 e. The number of carboxylic acid groups (broad SMARTS) is 1. The molecule has 0 unspecified atom stereocenters. The predicted octanol–water partition coefficient (Wildman–Crippen LogP) is 3.12. The van der Waals surface area contributed by atoms with Gasteiger partial charge < -0.3 is 15.7 Å². The van der Waals surface area contributed by atoms with Crippen LogP contribution >= 0.6 is 0 Å². The van der Waals surface area contributed by atoms with E-state index in [4.69, 9.17) is 5.11 Å². The fourth-order valence-corrected chi connectivity index (χ4v) is 3.25. The second kappa shape index (κ2) is 6.37. The van der Waals surface area contributed by atoms with E-state index in [1.807, 2.05) is 6.07 Å². The molecule has 0 bridgehead atoms. The lowest BCUT2D eigenvalue weighted by atomic mass is 9.92. The molecule has 130 valence electrons. The van der Waals surface area contributed by atoms with Crippen LogP contribution in [-0.2, 0) is 0 Å². The standard InChI is InChI=1S/C17H20F2N2O3/c18-17(19)6-4-12(5-7-17)20-15(22)11-3-1-2-10(8-11)13-9-14(13)21-16(23)24/h1-3,8,12-14,21H,4-7,9H2,(H,20,22)(H,23,24)/t13-,14+/m0/s1. The van der Waals surface area contributed by atoms with E-state index >= 15 is 0 Å². The molecule has 3 rings (SSSR count). The van der Waals surface area contributed by atoms with Gasteiger partial charge in [0.05, 0.1) is 0 Å². The first-order valence-electron chi connectivity index (χ1n) is 8.12. The van der Waals surface area contributed by atoms with Crippen LogP contribution in [0.15, 0.2) is 24.3 Å². The average molecular weight is 338 g/mol. The summed E-state index contributed by atoms with van der Waals surface area (Å²) in [6.07, 6.45) is -0.150. The molecule has 24 heavy (non-hydrogen) atoms. The summed E-state index contributed by atoms with van der Waals surface area (Å²) in [6.45, 7) is 0. The van der Waals surface area contributed by atoms with E-state index in [1.54, 1.807) is 18.2 Å². The summed E-state index contributed by atoms with van der Waals surface area (Å²) in [5.74, 6) is -2.79. The van der Waals surface area contributed by atoms with Gasteiger partial charge in [-0.25, -0.2) is 13.6 Å². The highest BCUT2D eigenvalue weighted by Crippen LogP contribution is 2.41. The zero-order valence-electron chi connectivity index (χ0n) is 13.1. The average Bonchev–Trinajstić information content (AvgIpc) is 3.28. The zero-order valence-corrected chi connectivity index (χ0v) is 13.1. The smallest absolute Gasteiger partial charge is 0.404 e. The highest BCUT2D eigenvalue weighted by Gasteiger charge is 2.40. The van der Waals surface area contributed by atoms with Gasteiger partial charge in [-0.3, -0.25) is 4.79 Å². The number of hydrogen-bond donors (Lipinski definition) is 3. The molecule has 5 nitrogen and oxygen atoms in total. The summed E-state index contributed by atoms with van der Waals surface area (Å²) in [4.78, 5) is 23.0. The van der Waals surface area contributed by atoms with E-state index in [2.05, 4.69) is 10.6 Å². The van der Waals surface area contributed by atoms with Crippen LogP contribution in [0.5, 0.6) is 0 Å². The number of halogens is 2. The molecule has 3 N–H and O–H groups in total. The minimum absolute atomic E-state index is 0.0854. The molecule has 0 radical (unpaired) electrons. The number of carbonyl (C=O) groups excluding carboxylic acids is 1. The van der Waals surface area contributed by atoms with Crippen LogP contribution in [0.4, 0.5) is 13.6 Å². The molecule has 1 aromatic rings. The van der Waals surface area contributed by atoms with E-state index in [0.717, 1.165) is 12.0 Å². The van der Waals surface area contributed by atoms with Crippen molar-refractivity contribution < 1.29 is 23.5 Å². The van der Waals surface area contributed by atoms with Crippen molar-refractivity contribution in [2.45, 2.75) is 56.0 Å². The molecule has 0 aromatic heterocycles. The fourth-order valence-electron chi connectivity index (χ4n) is 3.25. The summed E-state index contributed by atoms with van der Waals surface area (Å²) in [6, 6.07) is 6.73. The van der Waals surface area contributed by atoms with Gasteiger partial charge in [-0.1, -0.05) is 12.1 Å². The minimum Gasteiger partial charge on any atom is -0.465 e. The number of benzene rings is 1. The molecule has 2 fully saturated rings. The van der Waals surface area contributed by atoms with Crippen molar-refractivity contribution in [3.63, 3.8) is 0 Å². The first kappa shape index (κ1) is 16.7. The lowest BCUT2D eigenvalue weighted by Gasteiger charge is -2.28. The van der Waals surface area contributed by atoms with Crippen LogP contribution in [0.3, 0.4) is 0 Å². The van der Waals surface area contributed by atoms with Gasteiger partial charge in [0, 0.05) is 36.4 Å². The monoisotopic (exact) mass is 338 g/mol. The van der Waals surface area contributed by atoms with Crippen LogP contribution in [0.25, 0.3) is 0 Å². The molecule has 2 saturated carbocycles. The van der Waals surface area contributed by atoms with Crippen LogP contribution in [0.2, 0.25) is 0 Å².